The van der Waals surface area contributed by atoms with Crippen LogP contribution in [-0.2, 0) is 9.53 Å². The summed E-state index contributed by atoms with van der Waals surface area (Å²) >= 11 is 1.63. The molecule has 0 aliphatic carbocycles. The Kier molecular flexibility index (Phi) is 8.25. The van der Waals surface area contributed by atoms with Crippen LogP contribution >= 0.6 is 11.3 Å². The minimum absolute atomic E-state index is 0.0371. The Morgan fingerprint density at radius 3 is 2.50 bits per heavy atom. The van der Waals surface area contributed by atoms with Crippen molar-refractivity contribution >= 4 is 23.0 Å². The third kappa shape index (κ3) is 6.49. The van der Waals surface area contributed by atoms with E-state index < -0.39 is 0 Å². The van der Waals surface area contributed by atoms with Crippen LogP contribution in [0.15, 0.2) is 6.07 Å². The smallest absolute Gasteiger partial charge is 0.220 e. The zero-order valence-corrected chi connectivity index (χ0v) is 17.3. The molecule has 0 radical (unpaired) electrons. The highest BCUT2D eigenvalue weighted by molar-refractivity contribution is 7.12. The molecule has 1 saturated heterocycles. The second-order valence-corrected chi connectivity index (χ2v) is 8.95. The molecule has 2 rings (SSSR count). The van der Waals surface area contributed by atoms with Crippen molar-refractivity contribution in [3.05, 3.63) is 21.4 Å². The van der Waals surface area contributed by atoms with Gasteiger partial charge >= 0.3 is 0 Å². The van der Waals surface area contributed by atoms with E-state index in [0.29, 0.717) is 18.5 Å². The number of ether oxygens (including phenoxy) is 1. The standard InChI is InChI=1S/C20H32N2O3S/c1-14(2)11-17(22-7-9-25-10-8-22)13-21-20(24)6-5-19(23)18-12-15(3)26-16(18)4/h12,14,17H,5-11,13H2,1-4H3,(H,21,24). The maximum absolute atomic E-state index is 12.3. The highest BCUT2D eigenvalue weighted by atomic mass is 32.1. The molecule has 0 aromatic carbocycles. The molecular weight excluding hydrogens is 348 g/mol. The first kappa shape index (κ1) is 21.1. The summed E-state index contributed by atoms with van der Waals surface area (Å²) in [7, 11) is 0. The van der Waals surface area contributed by atoms with Gasteiger partial charge in [0.1, 0.15) is 0 Å². The molecule has 5 nitrogen and oxygen atoms in total. The molecule has 146 valence electrons. The fourth-order valence-corrected chi connectivity index (χ4v) is 4.38. The second-order valence-electron chi connectivity index (χ2n) is 7.49. The number of carbonyl (C=O) groups is 2. The summed E-state index contributed by atoms with van der Waals surface area (Å²) in [6.45, 7) is 12.4. The molecule has 1 amide bonds. The molecule has 1 unspecified atom stereocenters. The summed E-state index contributed by atoms with van der Waals surface area (Å²) in [5.74, 6) is 0.602. The number of nitrogens with one attached hydrogen (secondary N) is 1. The molecular formula is C20H32N2O3S. The van der Waals surface area contributed by atoms with E-state index in [-0.39, 0.29) is 24.5 Å². The fraction of sp³-hybridized carbons (Fsp3) is 0.700. The summed E-state index contributed by atoms with van der Waals surface area (Å²) < 4.78 is 5.43. The summed E-state index contributed by atoms with van der Waals surface area (Å²) in [6.07, 6.45) is 1.58. The number of rotatable bonds is 9. The monoisotopic (exact) mass is 380 g/mol. The summed E-state index contributed by atoms with van der Waals surface area (Å²) in [5, 5.41) is 3.04. The topological polar surface area (TPSA) is 58.6 Å². The third-order valence-electron chi connectivity index (χ3n) is 4.76. The van der Waals surface area contributed by atoms with E-state index in [1.165, 1.54) is 0 Å². The zero-order valence-electron chi connectivity index (χ0n) is 16.5. The summed E-state index contributed by atoms with van der Waals surface area (Å²) in [5.41, 5.74) is 0.770. The quantitative estimate of drug-likeness (QED) is 0.669. The largest absolute Gasteiger partial charge is 0.379 e. The summed E-state index contributed by atoms with van der Waals surface area (Å²) in [4.78, 5) is 29.1. The Hall–Kier alpha value is -1.24. The predicted molar refractivity (Wildman–Crippen MR) is 106 cm³/mol. The van der Waals surface area contributed by atoms with Crippen molar-refractivity contribution in [3.8, 4) is 0 Å². The van der Waals surface area contributed by atoms with Crippen LogP contribution in [0, 0.1) is 19.8 Å². The molecule has 6 heteroatoms. The lowest BCUT2D eigenvalue weighted by molar-refractivity contribution is -0.121. The van der Waals surface area contributed by atoms with E-state index >= 15 is 0 Å². The van der Waals surface area contributed by atoms with Crippen molar-refractivity contribution in [1.82, 2.24) is 10.2 Å². The van der Waals surface area contributed by atoms with Crippen molar-refractivity contribution < 1.29 is 14.3 Å². The minimum Gasteiger partial charge on any atom is -0.379 e. The van der Waals surface area contributed by atoms with E-state index in [2.05, 4.69) is 24.1 Å². The number of morpholine rings is 1. The maximum atomic E-state index is 12.3. The van der Waals surface area contributed by atoms with Gasteiger partial charge in [-0.3, -0.25) is 14.5 Å². The molecule has 1 aliphatic rings. The highest BCUT2D eigenvalue weighted by Crippen LogP contribution is 2.22. The van der Waals surface area contributed by atoms with Gasteiger partial charge in [0.05, 0.1) is 13.2 Å². The molecule has 26 heavy (non-hydrogen) atoms. The number of carbonyl (C=O) groups excluding carboxylic acids is 2. The van der Waals surface area contributed by atoms with Crippen LogP contribution in [-0.4, -0.2) is 55.5 Å². The summed E-state index contributed by atoms with van der Waals surface area (Å²) in [6, 6.07) is 2.26. The fourth-order valence-electron chi connectivity index (χ4n) is 3.44. The lowest BCUT2D eigenvalue weighted by Crippen LogP contribution is -2.49. The van der Waals surface area contributed by atoms with Crippen LogP contribution in [0.25, 0.3) is 0 Å². The molecule has 1 fully saturated rings. The Morgan fingerprint density at radius 2 is 1.92 bits per heavy atom. The van der Waals surface area contributed by atoms with Gasteiger partial charge in [-0.25, -0.2) is 0 Å². The van der Waals surface area contributed by atoms with Gasteiger partial charge in [-0.15, -0.1) is 11.3 Å². The molecule has 1 aromatic heterocycles. The van der Waals surface area contributed by atoms with Gasteiger partial charge in [0.15, 0.2) is 5.78 Å². The van der Waals surface area contributed by atoms with Crippen LogP contribution in [0.3, 0.4) is 0 Å². The Morgan fingerprint density at radius 1 is 1.23 bits per heavy atom. The first-order chi connectivity index (χ1) is 12.4. The molecule has 0 bridgehead atoms. The number of ketones is 1. The molecule has 1 N–H and O–H groups in total. The number of nitrogens with zero attached hydrogens (tertiary/aromatic N) is 1. The first-order valence-electron chi connectivity index (χ1n) is 9.55. The van der Waals surface area contributed by atoms with Crippen LogP contribution in [0.4, 0.5) is 0 Å². The zero-order chi connectivity index (χ0) is 19.1. The van der Waals surface area contributed by atoms with Crippen molar-refractivity contribution in [2.24, 2.45) is 5.92 Å². The van der Waals surface area contributed by atoms with Gasteiger partial charge in [0, 0.05) is 53.8 Å². The highest BCUT2D eigenvalue weighted by Gasteiger charge is 2.22. The van der Waals surface area contributed by atoms with E-state index in [9.17, 15) is 9.59 Å². The van der Waals surface area contributed by atoms with Crippen molar-refractivity contribution in [1.29, 1.82) is 0 Å². The normalized spacial score (nSPS) is 16.7. The number of thiophene rings is 1. The maximum Gasteiger partial charge on any atom is 0.220 e. The minimum atomic E-state index is -0.0371. The lowest BCUT2D eigenvalue weighted by Gasteiger charge is -2.35. The van der Waals surface area contributed by atoms with E-state index in [1.807, 2.05) is 19.9 Å². The number of amides is 1. The van der Waals surface area contributed by atoms with Gasteiger partial charge in [0.2, 0.25) is 5.91 Å². The Bertz CT molecular complexity index is 606. The van der Waals surface area contributed by atoms with Crippen molar-refractivity contribution in [2.75, 3.05) is 32.8 Å². The van der Waals surface area contributed by atoms with Crippen molar-refractivity contribution in [3.63, 3.8) is 0 Å². The van der Waals surface area contributed by atoms with Crippen LogP contribution < -0.4 is 5.32 Å². The molecule has 1 aliphatic heterocycles. The third-order valence-corrected chi connectivity index (χ3v) is 5.73. The van der Waals surface area contributed by atoms with Gasteiger partial charge in [-0.2, -0.15) is 0 Å². The predicted octanol–water partition coefficient (Wildman–Crippen LogP) is 3.19. The molecule has 1 aromatic rings. The second kappa shape index (κ2) is 10.2. The number of Topliss-reactive ketones (excluding diaryl/α,β-unsaturated/α-hetero) is 1. The first-order valence-corrected chi connectivity index (χ1v) is 10.4. The Labute approximate surface area is 161 Å². The molecule has 0 spiro atoms. The van der Waals surface area contributed by atoms with Gasteiger partial charge < -0.3 is 10.1 Å². The van der Waals surface area contributed by atoms with Gasteiger partial charge in [-0.1, -0.05) is 13.8 Å². The Balaban J connectivity index is 1.79. The van der Waals surface area contributed by atoms with Crippen LogP contribution in [0.2, 0.25) is 0 Å². The lowest BCUT2D eigenvalue weighted by atomic mass is 10.0. The average molecular weight is 381 g/mol. The molecule has 2 heterocycles. The average Bonchev–Trinajstić information content (AvgIpc) is 2.95. The van der Waals surface area contributed by atoms with Gasteiger partial charge in [-0.05, 0) is 32.3 Å². The number of aryl methyl sites for hydroxylation is 2. The molecule has 0 saturated carbocycles. The van der Waals surface area contributed by atoms with Crippen molar-refractivity contribution in [2.45, 2.75) is 53.0 Å². The molecule has 1 atom stereocenters. The van der Waals surface area contributed by atoms with E-state index in [1.54, 1.807) is 11.3 Å². The van der Waals surface area contributed by atoms with E-state index in [4.69, 9.17) is 4.74 Å². The number of hydrogen-bond donors (Lipinski definition) is 1. The van der Waals surface area contributed by atoms with Crippen LogP contribution in [0.1, 0.15) is 53.2 Å². The van der Waals surface area contributed by atoms with Crippen LogP contribution in [0.5, 0.6) is 0 Å². The van der Waals surface area contributed by atoms with Gasteiger partial charge in [0.25, 0.3) is 0 Å². The number of hydrogen-bond acceptors (Lipinski definition) is 5. The van der Waals surface area contributed by atoms with E-state index in [0.717, 1.165) is 48.0 Å². The SMILES string of the molecule is Cc1cc(C(=O)CCC(=O)NCC(CC(C)C)N2CCOCC2)c(C)s1.